The van der Waals surface area contributed by atoms with E-state index in [1.807, 2.05) is 44.2 Å². The Morgan fingerprint density at radius 3 is 2.60 bits per heavy atom. The van der Waals surface area contributed by atoms with E-state index in [1.54, 1.807) is 11.1 Å². The molecule has 0 bridgehead atoms. The summed E-state index contributed by atoms with van der Waals surface area (Å²) in [4.78, 5) is 21.8. The molecule has 2 aliphatic heterocycles. The monoisotopic (exact) mass is 558 g/mol. The van der Waals surface area contributed by atoms with Crippen molar-refractivity contribution < 1.29 is 23.8 Å². The number of pyridine rings is 1. The first-order valence-electron chi connectivity index (χ1n) is 14.9. The van der Waals surface area contributed by atoms with Gasteiger partial charge in [-0.05, 0) is 69.7 Å². The normalized spacial score (nSPS) is 26.2. The maximum atomic E-state index is 14.8. The van der Waals surface area contributed by atoms with Crippen LogP contribution in [-0.4, -0.2) is 89.7 Å². The molecule has 3 aliphatic rings. The van der Waals surface area contributed by atoms with Crippen LogP contribution in [0.2, 0.25) is 0 Å². The van der Waals surface area contributed by atoms with Crippen molar-refractivity contribution in [1.29, 1.82) is 0 Å². The lowest BCUT2D eigenvalue weighted by molar-refractivity contribution is -0.129. The standard InChI is InChI=1S/C31H47FN4O4/c1-4-31(32,5-2)21-35-14-10-23(11-15-35)19-40-27-6-7-28(34-17-27)30(3)12-8-24(9-13-30)29(38)36-18-26(37)16-25(36)20-39-22-33/h6-9,12,17,23,25-26,37H,4-5,10-11,13-16,18-22,33H2,1-3H3. The fourth-order valence-corrected chi connectivity index (χ4v) is 5.95. The van der Waals surface area contributed by atoms with Crippen molar-refractivity contribution in [3.63, 3.8) is 0 Å². The highest BCUT2D eigenvalue weighted by Crippen LogP contribution is 2.34. The zero-order valence-electron chi connectivity index (χ0n) is 24.4. The molecule has 1 amide bonds. The van der Waals surface area contributed by atoms with E-state index in [9.17, 15) is 14.3 Å². The number of allylic oxidation sites excluding steroid dienone is 2. The summed E-state index contributed by atoms with van der Waals surface area (Å²) in [5, 5.41) is 10.1. The predicted molar refractivity (Wildman–Crippen MR) is 154 cm³/mol. The van der Waals surface area contributed by atoms with Crippen LogP contribution < -0.4 is 10.5 Å². The van der Waals surface area contributed by atoms with Crippen LogP contribution in [0.3, 0.4) is 0 Å². The summed E-state index contributed by atoms with van der Waals surface area (Å²) >= 11 is 0. The number of carbonyl (C=O) groups excluding carboxylic acids is 1. The second-order valence-corrected chi connectivity index (χ2v) is 11.9. The maximum absolute atomic E-state index is 14.8. The van der Waals surface area contributed by atoms with Gasteiger partial charge in [0.2, 0.25) is 0 Å². The van der Waals surface area contributed by atoms with Crippen LogP contribution in [0.15, 0.2) is 42.1 Å². The lowest BCUT2D eigenvalue weighted by Crippen LogP contribution is -2.44. The topological polar surface area (TPSA) is 101 Å². The van der Waals surface area contributed by atoms with Gasteiger partial charge < -0.3 is 30.1 Å². The lowest BCUT2D eigenvalue weighted by Gasteiger charge is -2.36. The van der Waals surface area contributed by atoms with E-state index in [-0.39, 0.29) is 24.1 Å². The average Bonchev–Trinajstić information content (AvgIpc) is 3.36. The fourth-order valence-electron chi connectivity index (χ4n) is 5.95. The lowest BCUT2D eigenvalue weighted by atomic mass is 9.78. The number of amides is 1. The number of likely N-dealkylation sites (tertiary alicyclic amines) is 2. The second kappa shape index (κ2) is 13.6. The Labute approximate surface area is 238 Å². The van der Waals surface area contributed by atoms with Gasteiger partial charge >= 0.3 is 0 Å². The molecule has 3 unspecified atom stereocenters. The van der Waals surface area contributed by atoms with Gasteiger partial charge in [0, 0.05) is 24.1 Å². The highest BCUT2D eigenvalue weighted by molar-refractivity contribution is 5.97. The number of aliphatic hydroxyl groups excluding tert-OH is 1. The summed E-state index contributed by atoms with van der Waals surface area (Å²) in [6.45, 7) is 9.70. The Bertz CT molecular complexity index is 1040. The molecule has 1 aliphatic carbocycles. The van der Waals surface area contributed by atoms with Crippen molar-refractivity contribution >= 4 is 5.91 Å². The van der Waals surface area contributed by atoms with E-state index in [0.29, 0.717) is 63.5 Å². The van der Waals surface area contributed by atoms with Crippen LogP contribution >= 0.6 is 0 Å². The number of hydrogen-bond acceptors (Lipinski definition) is 7. The number of rotatable bonds is 12. The van der Waals surface area contributed by atoms with Crippen LogP contribution in [0, 0.1) is 5.92 Å². The molecule has 9 heteroatoms. The van der Waals surface area contributed by atoms with E-state index in [4.69, 9.17) is 20.2 Å². The molecule has 3 heterocycles. The first-order chi connectivity index (χ1) is 19.2. The third-order valence-electron chi connectivity index (χ3n) is 8.99. The fraction of sp³-hybridized carbons (Fsp3) is 0.677. The van der Waals surface area contributed by atoms with Crippen LogP contribution in [0.4, 0.5) is 4.39 Å². The zero-order valence-corrected chi connectivity index (χ0v) is 24.4. The number of alkyl halides is 1. The minimum atomic E-state index is -1.08. The number of hydrogen-bond donors (Lipinski definition) is 2. The minimum Gasteiger partial charge on any atom is -0.492 e. The van der Waals surface area contributed by atoms with E-state index in [1.165, 1.54) is 0 Å². The molecule has 0 aromatic carbocycles. The summed E-state index contributed by atoms with van der Waals surface area (Å²) in [5.74, 6) is 1.12. The summed E-state index contributed by atoms with van der Waals surface area (Å²) < 4.78 is 26.2. The molecule has 222 valence electrons. The Balaban J connectivity index is 1.26. The molecule has 3 N–H and O–H groups in total. The van der Waals surface area contributed by atoms with Gasteiger partial charge in [0.05, 0.1) is 44.0 Å². The largest absolute Gasteiger partial charge is 0.492 e. The summed E-state index contributed by atoms with van der Waals surface area (Å²) in [7, 11) is 0. The molecule has 4 rings (SSSR count). The number of piperidine rings is 1. The van der Waals surface area contributed by atoms with Crippen LogP contribution in [0.5, 0.6) is 5.75 Å². The first-order valence-corrected chi connectivity index (χ1v) is 14.9. The quantitative estimate of drug-likeness (QED) is 0.377. The van der Waals surface area contributed by atoms with Gasteiger partial charge in [-0.25, -0.2) is 4.39 Å². The molecule has 1 aromatic rings. The highest BCUT2D eigenvalue weighted by atomic mass is 19.1. The Hall–Kier alpha value is -2.33. The van der Waals surface area contributed by atoms with E-state index >= 15 is 0 Å². The Morgan fingerprint density at radius 2 is 2.00 bits per heavy atom. The van der Waals surface area contributed by atoms with Crippen molar-refractivity contribution in [2.75, 3.05) is 46.1 Å². The Kier molecular flexibility index (Phi) is 10.4. The Morgan fingerprint density at radius 1 is 1.25 bits per heavy atom. The van der Waals surface area contributed by atoms with E-state index < -0.39 is 11.8 Å². The minimum absolute atomic E-state index is 0.0894. The molecule has 3 atom stereocenters. The van der Waals surface area contributed by atoms with Crippen molar-refractivity contribution in [2.24, 2.45) is 11.7 Å². The first kappa shape index (κ1) is 30.6. The zero-order chi connectivity index (χ0) is 28.8. The summed E-state index contributed by atoms with van der Waals surface area (Å²) in [5.41, 5.74) is 5.58. The number of carbonyl (C=O) groups is 1. The van der Waals surface area contributed by atoms with Crippen molar-refractivity contribution in [1.82, 2.24) is 14.8 Å². The van der Waals surface area contributed by atoms with Crippen molar-refractivity contribution in [2.45, 2.75) is 82.5 Å². The molecular formula is C31H47FN4O4. The van der Waals surface area contributed by atoms with Crippen LogP contribution in [0.1, 0.15) is 65.0 Å². The van der Waals surface area contributed by atoms with Gasteiger partial charge in [-0.2, -0.15) is 0 Å². The molecular weight excluding hydrogens is 511 g/mol. The second-order valence-electron chi connectivity index (χ2n) is 11.9. The number of nitrogens with two attached hydrogens (primary N) is 1. The van der Waals surface area contributed by atoms with E-state index in [0.717, 1.165) is 37.4 Å². The number of aliphatic hydroxyl groups is 1. The highest BCUT2D eigenvalue weighted by Gasteiger charge is 2.37. The maximum Gasteiger partial charge on any atom is 0.253 e. The summed E-state index contributed by atoms with van der Waals surface area (Å²) in [6.07, 6.45) is 11.4. The molecule has 1 aromatic heterocycles. The van der Waals surface area contributed by atoms with Gasteiger partial charge in [-0.15, -0.1) is 0 Å². The van der Waals surface area contributed by atoms with Gasteiger partial charge in [0.25, 0.3) is 5.91 Å². The summed E-state index contributed by atoms with van der Waals surface area (Å²) in [6, 6.07) is 3.79. The molecule has 2 fully saturated rings. The average molecular weight is 559 g/mol. The van der Waals surface area contributed by atoms with Crippen molar-refractivity contribution in [3.8, 4) is 5.75 Å². The number of ether oxygens (including phenoxy) is 2. The molecule has 40 heavy (non-hydrogen) atoms. The predicted octanol–water partition coefficient (Wildman–Crippen LogP) is 3.74. The van der Waals surface area contributed by atoms with Gasteiger partial charge in [-0.1, -0.05) is 39.0 Å². The molecule has 2 saturated heterocycles. The van der Waals surface area contributed by atoms with Gasteiger partial charge in [0.1, 0.15) is 11.4 Å². The SMILES string of the molecule is CCC(F)(CC)CN1CCC(COc2ccc(C3(C)C=CC(C(=O)N4CC(O)CC4COCN)=CC3)nc2)CC1. The number of nitrogens with zero attached hydrogens (tertiary/aromatic N) is 3. The molecule has 0 saturated carbocycles. The van der Waals surface area contributed by atoms with Gasteiger partial charge in [0.15, 0.2) is 0 Å². The molecule has 0 radical (unpaired) electrons. The van der Waals surface area contributed by atoms with Crippen molar-refractivity contribution in [3.05, 3.63) is 47.8 Å². The third-order valence-corrected chi connectivity index (χ3v) is 8.99. The smallest absolute Gasteiger partial charge is 0.253 e. The number of aromatic nitrogens is 1. The van der Waals surface area contributed by atoms with E-state index in [2.05, 4.69) is 11.8 Å². The molecule has 8 nitrogen and oxygen atoms in total. The van der Waals surface area contributed by atoms with Crippen LogP contribution in [0.25, 0.3) is 0 Å². The number of halogens is 1. The third kappa shape index (κ3) is 7.49. The number of β-amino-alcohol motifs (C(OH)–C–C–N with tert-alkyl or cyclic N) is 1. The van der Waals surface area contributed by atoms with Crippen LogP contribution in [-0.2, 0) is 14.9 Å². The molecule has 0 spiro atoms. The van der Waals surface area contributed by atoms with Gasteiger partial charge in [-0.3, -0.25) is 9.78 Å².